The number of aromatic amines is 1. The van der Waals surface area contributed by atoms with Gasteiger partial charge in [0, 0.05) is 5.56 Å². The molecule has 16 heavy (non-hydrogen) atoms. The van der Waals surface area contributed by atoms with Crippen LogP contribution < -0.4 is 5.69 Å². The van der Waals surface area contributed by atoms with E-state index in [1.165, 1.54) is 4.40 Å². The van der Waals surface area contributed by atoms with Crippen molar-refractivity contribution in [3.05, 3.63) is 53.2 Å². The molecule has 1 N–H and O–H groups in total. The molecule has 3 rings (SSSR count). The Morgan fingerprint density at radius 2 is 1.94 bits per heavy atom. The predicted molar refractivity (Wildman–Crippen MR) is 59.0 cm³/mol. The Labute approximate surface area is 90.4 Å². The van der Waals surface area contributed by atoms with Crippen LogP contribution in [0.4, 0.5) is 0 Å². The Kier molecular flexibility index (Phi) is 1.83. The van der Waals surface area contributed by atoms with Crippen LogP contribution in [0.5, 0.6) is 0 Å². The fourth-order valence-corrected chi connectivity index (χ4v) is 1.66. The lowest BCUT2D eigenvalue weighted by Gasteiger charge is -1.98. The van der Waals surface area contributed by atoms with E-state index < -0.39 is 0 Å². The van der Waals surface area contributed by atoms with E-state index in [4.69, 9.17) is 0 Å². The highest BCUT2D eigenvalue weighted by Crippen LogP contribution is 2.16. The highest BCUT2D eigenvalue weighted by molar-refractivity contribution is 5.61. The first-order chi connectivity index (χ1) is 7.86. The smallest absolute Gasteiger partial charge is 0.246 e. The fourth-order valence-electron chi connectivity index (χ4n) is 1.66. The van der Waals surface area contributed by atoms with E-state index in [0.29, 0.717) is 11.3 Å². The molecule has 0 aliphatic heterocycles. The van der Waals surface area contributed by atoms with Crippen LogP contribution >= 0.6 is 0 Å². The summed E-state index contributed by atoms with van der Waals surface area (Å²) in [6.07, 6.45) is 3.20. The molecular weight excluding hydrogens is 204 g/mol. The Bertz CT molecular complexity index is 684. The van der Waals surface area contributed by atoms with Crippen LogP contribution in [0.2, 0.25) is 0 Å². The van der Waals surface area contributed by atoms with Gasteiger partial charge in [0.15, 0.2) is 0 Å². The summed E-state index contributed by atoms with van der Waals surface area (Å²) in [5.41, 5.74) is 1.30. The number of hydrogen-bond acceptors (Lipinski definition) is 3. The van der Waals surface area contributed by atoms with E-state index in [9.17, 15) is 4.79 Å². The lowest BCUT2D eigenvalue weighted by Crippen LogP contribution is -2.17. The van der Waals surface area contributed by atoms with Gasteiger partial charge < -0.3 is 0 Å². The Hall–Kier alpha value is -2.43. The van der Waals surface area contributed by atoms with Gasteiger partial charge in [-0.15, -0.1) is 0 Å². The van der Waals surface area contributed by atoms with Crippen LogP contribution in [0.25, 0.3) is 16.9 Å². The summed E-state index contributed by atoms with van der Waals surface area (Å²) in [6, 6.07) is 9.56. The maximum absolute atomic E-state index is 11.6. The van der Waals surface area contributed by atoms with Crippen molar-refractivity contribution in [2.45, 2.75) is 0 Å². The molecule has 0 unspecified atom stereocenters. The van der Waals surface area contributed by atoms with Crippen molar-refractivity contribution in [1.82, 2.24) is 19.6 Å². The molecule has 0 aliphatic rings. The number of rotatable bonds is 1. The van der Waals surface area contributed by atoms with Gasteiger partial charge in [-0.25, -0.2) is 19.3 Å². The van der Waals surface area contributed by atoms with Crippen molar-refractivity contribution >= 4 is 5.52 Å². The number of imidazole rings is 1. The molecule has 0 bridgehead atoms. The monoisotopic (exact) mass is 212 g/mol. The summed E-state index contributed by atoms with van der Waals surface area (Å²) in [5, 5.41) is 6.11. The van der Waals surface area contributed by atoms with Gasteiger partial charge in [0.1, 0.15) is 5.82 Å². The topological polar surface area (TPSA) is 63.0 Å². The number of benzene rings is 1. The van der Waals surface area contributed by atoms with E-state index in [2.05, 4.69) is 15.2 Å². The van der Waals surface area contributed by atoms with Crippen molar-refractivity contribution in [3.8, 4) is 11.4 Å². The largest absolute Gasteiger partial charge is 0.348 e. The summed E-state index contributed by atoms with van der Waals surface area (Å²) in [5.74, 6) is 0.624. The summed E-state index contributed by atoms with van der Waals surface area (Å²) >= 11 is 0. The van der Waals surface area contributed by atoms with E-state index in [0.717, 1.165) is 5.56 Å². The quantitative estimate of drug-likeness (QED) is 0.656. The average Bonchev–Trinajstić information content (AvgIpc) is 2.75. The van der Waals surface area contributed by atoms with Gasteiger partial charge in [0.2, 0.25) is 0 Å². The number of nitrogens with one attached hydrogen (secondary N) is 1. The molecule has 0 saturated heterocycles. The standard InChI is InChI=1S/C11H8N4O/c16-11-14-13-7-9-6-12-10(15(9)11)8-4-2-1-3-5-8/h1-7H,(H,14,16). The second-order valence-corrected chi connectivity index (χ2v) is 3.38. The number of nitrogens with zero attached hydrogens (tertiary/aromatic N) is 3. The van der Waals surface area contributed by atoms with Gasteiger partial charge in [-0.05, 0) is 0 Å². The first kappa shape index (κ1) is 8.84. The Morgan fingerprint density at radius 3 is 2.75 bits per heavy atom. The highest BCUT2D eigenvalue weighted by Gasteiger charge is 2.07. The molecule has 0 radical (unpaired) electrons. The third kappa shape index (κ3) is 1.22. The number of fused-ring (bicyclic) bond motifs is 1. The molecule has 0 aliphatic carbocycles. The predicted octanol–water partition coefficient (Wildman–Crippen LogP) is 1.08. The third-order valence-electron chi connectivity index (χ3n) is 2.38. The van der Waals surface area contributed by atoms with Crippen molar-refractivity contribution in [3.63, 3.8) is 0 Å². The SMILES string of the molecule is O=c1[nH]ncc2cnc(-c3ccccc3)n12. The van der Waals surface area contributed by atoms with Gasteiger partial charge in [-0.1, -0.05) is 30.3 Å². The van der Waals surface area contributed by atoms with Crippen LogP contribution in [0.1, 0.15) is 0 Å². The number of aromatic nitrogens is 4. The molecule has 3 aromatic rings. The van der Waals surface area contributed by atoms with Gasteiger partial charge >= 0.3 is 5.69 Å². The Morgan fingerprint density at radius 1 is 1.12 bits per heavy atom. The highest BCUT2D eigenvalue weighted by atomic mass is 16.1. The van der Waals surface area contributed by atoms with Gasteiger partial charge in [0.05, 0.1) is 17.9 Å². The molecule has 78 valence electrons. The second-order valence-electron chi connectivity index (χ2n) is 3.38. The molecule has 0 fully saturated rings. The van der Waals surface area contributed by atoms with Gasteiger partial charge in [-0.2, -0.15) is 5.10 Å². The van der Waals surface area contributed by atoms with Gasteiger partial charge in [0.25, 0.3) is 0 Å². The molecule has 0 spiro atoms. The van der Waals surface area contributed by atoms with Crippen LogP contribution in [-0.4, -0.2) is 19.6 Å². The van der Waals surface area contributed by atoms with Crippen molar-refractivity contribution in [2.24, 2.45) is 0 Å². The normalized spacial score (nSPS) is 10.8. The zero-order valence-corrected chi connectivity index (χ0v) is 8.29. The summed E-state index contributed by atoms with van der Waals surface area (Å²) < 4.78 is 1.50. The molecule has 2 heterocycles. The molecule has 1 aromatic carbocycles. The van der Waals surface area contributed by atoms with E-state index in [1.54, 1.807) is 12.4 Å². The molecule has 0 saturated carbocycles. The van der Waals surface area contributed by atoms with E-state index in [-0.39, 0.29) is 5.69 Å². The summed E-state index contributed by atoms with van der Waals surface area (Å²) in [6.45, 7) is 0. The zero-order valence-electron chi connectivity index (χ0n) is 8.29. The Balaban J connectivity index is 2.38. The minimum absolute atomic E-state index is 0.283. The summed E-state index contributed by atoms with van der Waals surface area (Å²) in [7, 11) is 0. The first-order valence-electron chi connectivity index (χ1n) is 4.83. The van der Waals surface area contributed by atoms with Crippen LogP contribution in [0.15, 0.2) is 47.5 Å². The molecule has 0 amide bonds. The number of H-pyrrole nitrogens is 1. The van der Waals surface area contributed by atoms with Crippen LogP contribution in [0.3, 0.4) is 0 Å². The molecule has 2 aromatic heterocycles. The average molecular weight is 212 g/mol. The van der Waals surface area contributed by atoms with Crippen LogP contribution in [0, 0.1) is 0 Å². The van der Waals surface area contributed by atoms with Crippen molar-refractivity contribution in [1.29, 1.82) is 0 Å². The lowest BCUT2D eigenvalue weighted by molar-refractivity contribution is 0.889. The maximum Gasteiger partial charge on any atom is 0.348 e. The zero-order chi connectivity index (χ0) is 11.0. The summed E-state index contributed by atoms with van der Waals surface area (Å²) in [4.78, 5) is 15.9. The van der Waals surface area contributed by atoms with E-state index >= 15 is 0 Å². The van der Waals surface area contributed by atoms with E-state index in [1.807, 2.05) is 30.3 Å². The molecule has 5 nitrogen and oxygen atoms in total. The van der Waals surface area contributed by atoms with Crippen molar-refractivity contribution in [2.75, 3.05) is 0 Å². The fraction of sp³-hybridized carbons (Fsp3) is 0. The third-order valence-corrected chi connectivity index (χ3v) is 2.38. The van der Waals surface area contributed by atoms with Crippen molar-refractivity contribution < 1.29 is 0 Å². The first-order valence-corrected chi connectivity index (χ1v) is 4.83. The minimum Gasteiger partial charge on any atom is -0.246 e. The number of hydrogen-bond donors (Lipinski definition) is 1. The van der Waals surface area contributed by atoms with Crippen LogP contribution in [-0.2, 0) is 0 Å². The molecular formula is C11H8N4O. The lowest BCUT2D eigenvalue weighted by atomic mass is 10.2. The molecule has 0 atom stereocenters. The minimum atomic E-state index is -0.283. The maximum atomic E-state index is 11.6. The second kappa shape index (κ2) is 3.30. The van der Waals surface area contributed by atoms with Gasteiger partial charge in [-0.3, -0.25) is 0 Å². The molecule has 5 heteroatoms.